The quantitative estimate of drug-likeness (QED) is 0.498. The standard InChI is InChI=1S/C14H30/c1-6-9-14(13(5)8-3)11-10-12(4)7-2/h12-14H,6-11H2,1-5H3/t12?,13-,14?/m1/s1. The summed E-state index contributed by atoms with van der Waals surface area (Å²) in [6.07, 6.45) is 8.38. The first-order valence-electron chi connectivity index (χ1n) is 6.65. The Balaban J connectivity index is 3.83. The minimum absolute atomic E-state index is 0.929. The minimum atomic E-state index is 0.929. The van der Waals surface area contributed by atoms with Crippen LogP contribution in [0.15, 0.2) is 0 Å². The molecule has 0 nitrogen and oxygen atoms in total. The topological polar surface area (TPSA) is 0 Å². The molecule has 0 aliphatic rings. The van der Waals surface area contributed by atoms with Crippen molar-refractivity contribution in [1.82, 2.24) is 0 Å². The van der Waals surface area contributed by atoms with Crippen molar-refractivity contribution in [2.75, 3.05) is 0 Å². The van der Waals surface area contributed by atoms with Crippen molar-refractivity contribution in [3.8, 4) is 0 Å². The molecule has 0 saturated carbocycles. The molecule has 0 N–H and O–H groups in total. The van der Waals surface area contributed by atoms with E-state index in [4.69, 9.17) is 0 Å². The molecular formula is C14H30. The number of hydrogen-bond donors (Lipinski definition) is 0. The summed E-state index contributed by atoms with van der Waals surface area (Å²) in [5.41, 5.74) is 0. The lowest BCUT2D eigenvalue weighted by Gasteiger charge is -2.23. The van der Waals surface area contributed by atoms with E-state index in [0.717, 1.165) is 17.8 Å². The van der Waals surface area contributed by atoms with E-state index in [0.29, 0.717) is 0 Å². The van der Waals surface area contributed by atoms with E-state index in [1.54, 1.807) is 0 Å². The fraction of sp³-hybridized carbons (Fsp3) is 1.00. The SMILES string of the molecule is CCCC(CCC(C)CC)[C@H](C)CC. The second-order valence-corrected chi connectivity index (χ2v) is 5.03. The summed E-state index contributed by atoms with van der Waals surface area (Å²) in [5, 5.41) is 0. The molecule has 0 rings (SSSR count). The van der Waals surface area contributed by atoms with Gasteiger partial charge in [-0.15, -0.1) is 0 Å². The highest BCUT2D eigenvalue weighted by molar-refractivity contribution is 4.66. The second-order valence-electron chi connectivity index (χ2n) is 5.03. The molecule has 0 aromatic carbocycles. The zero-order valence-electron chi connectivity index (χ0n) is 11.0. The Labute approximate surface area is 91.5 Å². The molecule has 2 unspecified atom stereocenters. The van der Waals surface area contributed by atoms with Crippen LogP contribution in [-0.2, 0) is 0 Å². The van der Waals surface area contributed by atoms with Crippen molar-refractivity contribution in [1.29, 1.82) is 0 Å². The first-order chi connectivity index (χ1) is 6.65. The van der Waals surface area contributed by atoms with E-state index < -0.39 is 0 Å². The fourth-order valence-electron chi connectivity index (χ4n) is 2.12. The van der Waals surface area contributed by atoms with Gasteiger partial charge in [0.05, 0.1) is 0 Å². The van der Waals surface area contributed by atoms with Crippen LogP contribution in [0.1, 0.15) is 73.1 Å². The molecule has 3 atom stereocenters. The van der Waals surface area contributed by atoms with Gasteiger partial charge in [-0.05, 0) is 24.2 Å². The molecule has 0 bridgehead atoms. The lowest BCUT2D eigenvalue weighted by atomic mass is 9.82. The Morgan fingerprint density at radius 2 is 1.43 bits per heavy atom. The van der Waals surface area contributed by atoms with Gasteiger partial charge in [0.1, 0.15) is 0 Å². The van der Waals surface area contributed by atoms with Crippen molar-refractivity contribution in [3.05, 3.63) is 0 Å². The van der Waals surface area contributed by atoms with Crippen LogP contribution in [0.2, 0.25) is 0 Å². The predicted octanol–water partition coefficient (Wildman–Crippen LogP) is 5.28. The van der Waals surface area contributed by atoms with Gasteiger partial charge >= 0.3 is 0 Å². The van der Waals surface area contributed by atoms with E-state index in [2.05, 4.69) is 34.6 Å². The van der Waals surface area contributed by atoms with E-state index in [9.17, 15) is 0 Å². The summed E-state index contributed by atoms with van der Waals surface area (Å²) in [6, 6.07) is 0. The maximum atomic E-state index is 2.43. The molecule has 0 saturated heterocycles. The van der Waals surface area contributed by atoms with Crippen LogP contribution in [0.3, 0.4) is 0 Å². The largest absolute Gasteiger partial charge is 0.0654 e. The molecule has 86 valence electrons. The Kier molecular flexibility index (Phi) is 8.32. The van der Waals surface area contributed by atoms with E-state index >= 15 is 0 Å². The van der Waals surface area contributed by atoms with Crippen molar-refractivity contribution < 1.29 is 0 Å². The van der Waals surface area contributed by atoms with Crippen molar-refractivity contribution in [2.45, 2.75) is 73.1 Å². The van der Waals surface area contributed by atoms with Crippen molar-refractivity contribution in [2.24, 2.45) is 17.8 Å². The zero-order chi connectivity index (χ0) is 11.0. The molecule has 0 amide bonds. The summed E-state index contributed by atoms with van der Waals surface area (Å²) in [5.74, 6) is 2.84. The number of rotatable bonds is 8. The monoisotopic (exact) mass is 198 g/mol. The van der Waals surface area contributed by atoms with Gasteiger partial charge in [-0.1, -0.05) is 66.7 Å². The average Bonchev–Trinajstić information content (AvgIpc) is 2.22. The van der Waals surface area contributed by atoms with Crippen LogP contribution in [-0.4, -0.2) is 0 Å². The van der Waals surface area contributed by atoms with Crippen LogP contribution in [0.25, 0.3) is 0 Å². The molecule has 0 aromatic heterocycles. The summed E-state index contributed by atoms with van der Waals surface area (Å²) >= 11 is 0. The molecule has 0 aliphatic carbocycles. The van der Waals surface area contributed by atoms with Crippen molar-refractivity contribution in [3.63, 3.8) is 0 Å². The minimum Gasteiger partial charge on any atom is -0.0654 e. The molecule has 0 spiro atoms. The molecule has 0 aromatic rings. The molecule has 0 radical (unpaired) electrons. The number of hydrogen-bond acceptors (Lipinski definition) is 0. The maximum absolute atomic E-state index is 2.43. The van der Waals surface area contributed by atoms with E-state index in [1.165, 1.54) is 38.5 Å². The Morgan fingerprint density at radius 3 is 1.86 bits per heavy atom. The molecule has 14 heavy (non-hydrogen) atoms. The Morgan fingerprint density at radius 1 is 0.786 bits per heavy atom. The normalized spacial score (nSPS) is 17.8. The van der Waals surface area contributed by atoms with Crippen molar-refractivity contribution >= 4 is 0 Å². The van der Waals surface area contributed by atoms with Gasteiger partial charge in [-0.2, -0.15) is 0 Å². The van der Waals surface area contributed by atoms with Crippen LogP contribution < -0.4 is 0 Å². The first-order valence-corrected chi connectivity index (χ1v) is 6.65. The van der Waals surface area contributed by atoms with Gasteiger partial charge < -0.3 is 0 Å². The predicted molar refractivity (Wildman–Crippen MR) is 66.5 cm³/mol. The van der Waals surface area contributed by atoms with Crippen LogP contribution in [0.4, 0.5) is 0 Å². The highest BCUT2D eigenvalue weighted by Crippen LogP contribution is 2.27. The van der Waals surface area contributed by atoms with E-state index in [-0.39, 0.29) is 0 Å². The summed E-state index contributed by atoms with van der Waals surface area (Å²) in [7, 11) is 0. The van der Waals surface area contributed by atoms with Gasteiger partial charge in [0, 0.05) is 0 Å². The van der Waals surface area contributed by atoms with Crippen LogP contribution in [0, 0.1) is 17.8 Å². The first kappa shape index (κ1) is 14.0. The maximum Gasteiger partial charge on any atom is -0.0389 e. The second kappa shape index (κ2) is 8.32. The summed E-state index contributed by atoms with van der Waals surface area (Å²) in [6.45, 7) is 11.8. The van der Waals surface area contributed by atoms with Crippen LogP contribution >= 0.6 is 0 Å². The summed E-state index contributed by atoms with van der Waals surface area (Å²) < 4.78 is 0. The highest BCUT2D eigenvalue weighted by atomic mass is 14.2. The van der Waals surface area contributed by atoms with E-state index in [1.807, 2.05) is 0 Å². The fourth-order valence-corrected chi connectivity index (χ4v) is 2.12. The molecule has 0 heterocycles. The van der Waals surface area contributed by atoms with Gasteiger partial charge in [0.15, 0.2) is 0 Å². The van der Waals surface area contributed by atoms with Crippen LogP contribution in [0.5, 0.6) is 0 Å². The molecular weight excluding hydrogens is 168 g/mol. The molecule has 0 fully saturated rings. The lowest BCUT2D eigenvalue weighted by molar-refractivity contribution is 0.280. The van der Waals surface area contributed by atoms with Gasteiger partial charge in [-0.3, -0.25) is 0 Å². The average molecular weight is 198 g/mol. The smallest absolute Gasteiger partial charge is 0.0389 e. The van der Waals surface area contributed by atoms with Gasteiger partial charge in [0.2, 0.25) is 0 Å². The van der Waals surface area contributed by atoms with Gasteiger partial charge in [0.25, 0.3) is 0 Å². The molecule has 0 aliphatic heterocycles. The highest BCUT2D eigenvalue weighted by Gasteiger charge is 2.15. The third-order valence-electron chi connectivity index (χ3n) is 3.84. The third-order valence-corrected chi connectivity index (χ3v) is 3.84. The molecule has 0 heteroatoms. The zero-order valence-corrected chi connectivity index (χ0v) is 11.0. The van der Waals surface area contributed by atoms with Gasteiger partial charge in [-0.25, -0.2) is 0 Å². The summed E-state index contributed by atoms with van der Waals surface area (Å²) in [4.78, 5) is 0. The lowest BCUT2D eigenvalue weighted by Crippen LogP contribution is -2.12. The Bertz CT molecular complexity index is 117. The third kappa shape index (κ3) is 5.67. The Hall–Kier alpha value is 0.